The summed E-state index contributed by atoms with van der Waals surface area (Å²) in [6.07, 6.45) is 1.33. The Morgan fingerprint density at radius 1 is 0.861 bits per heavy atom. The summed E-state index contributed by atoms with van der Waals surface area (Å²) < 4.78 is 28.1. The highest BCUT2D eigenvalue weighted by Gasteiger charge is 2.32. The van der Waals surface area contributed by atoms with Gasteiger partial charge in [0.05, 0.1) is 11.9 Å². The lowest BCUT2D eigenvalue weighted by molar-refractivity contribution is -0.139. The Kier molecular flexibility index (Phi) is 9.69. The van der Waals surface area contributed by atoms with Crippen LogP contribution in [0.4, 0.5) is 5.69 Å². The lowest BCUT2D eigenvalue weighted by Crippen LogP contribution is -2.52. The van der Waals surface area contributed by atoms with Crippen LogP contribution in [0, 0.1) is 0 Å². The van der Waals surface area contributed by atoms with Crippen LogP contribution in [0.25, 0.3) is 0 Å². The number of amides is 2. The zero-order chi connectivity index (χ0) is 26.3. The van der Waals surface area contributed by atoms with Gasteiger partial charge in [-0.25, -0.2) is 8.42 Å². The molecule has 1 atom stereocenters. The van der Waals surface area contributed by atoms with Crippen molar-refractivity contribution in [1.29, 1.82) is 0 Å². The molecule has 0 saturated carbocycles. The predicted octanol–water partition coefficient (Wildman–Crippen LogP) is 4.36. The molecule has 0 saturated heterocycles. The maximum absolute atomic E-state index is 13.8. The number of nitrogens with one attached hydrogen (secondary N) is 1. The van der Waals surface area contributed by atoms with E-state index in [1.807, 2.05) is 54.6 Å². The first-order valence-corrected chi connectivity index (χ1v) is 14.5. The number of halogens is 2. The van der Waals surface area contributed by atoms with Crippen LogP contribution in [0.5, 0.6) is 0 Å². The quantitative estimate of drug-likeness (QED) is 0.358. The van der Waals surface area contributed by atoms with Crippen molar-refractivity contribution < 1.29 is 18.0 Å². The summed E-state index contributed by atoms with van der Waals surface area (Å²) in [7, 11) is -2.26. The van der Waals surface area contributed by atoms with E-state index in [1.165, 1.54) is 11.9 Å². The lowest BCUT2D eigenvalue weighted by Gasteiger charge is -2.33. The molecule has 10 heteroatoms. The van der Waals surface area contributed by atoms with Crippen LogP contribution in [0.15, 0.2) is 87.8 Å². The molecule has 0 aliphatic carbocycles. The molecule has 2 amide bonds. The largest absolute Gasteiger partial charge is 0.357 e. The maximum Gasteiger partial charge on any atom is 0.244 e. The summed E-state index contributed by atoms with van der Waals surface area (Å²) in [4.78, 5) is 28.3. The van der Waals surface area contributed by atoms with Crippen LogP contribution >= 0.6 is 31.9 Å². The molecule has 0 aliphatic heterocycles. The standard InChI is InChI=1S/C26H27Br2N3O4S/c1-29-26(33)24(16-19-6-4-3-5-7-19)30(17-20-8-10-21(27)11-9-20)25(32)18-31(36(2,34)35)23-14-12-22(28)13-15-23/h3-15,24H,16-18H2,1-2H3,(H,29,33)/t24-/m1/s1. The highest BCUT2D eigenvalue weighted by molar-refractivity contribution is 9.10. The van der Waals surface area contributed by atoms with E-state index >= 15 is 0 Å². The molecule has 0 radical (unpaired) electrons. The van der Waals surface area contributed by atoms with Crippen LogP contribution in [0.2, 0.25) is 0 Å². The summed E-state index contributed by atoms with van der Waals surface area (Å²) in [5, 5.41) is 2.66. The van der Waals surface area contributed by atoms with Gasteiger partial charge in [0.2, 0.25) is 21.8 Å². The Bertz CT molecular complexity index is 1290. The number of anilines is 1. The lowest BCUT2D eigenvalue weighted by atomic mass is 10.0. The second-order valence-electron chi connectivity index (χ2n) is 8.21. The first kappa shape index (κ1) is 27.9. The Labute approximate surface area is 228 Å². The third kappa shape index (κ3) is 7.65. The van der Waals surface area contributed by atoms with Gasteiger partial charge in [0.1, 0.15) is 12.6 Å². The van der Waals surface area contributed by atoms with E-state index in [0.29, 0.717) is 5.69 Å². The Hall–Kier alpha value is -2.69. The van der Waals surface area contributed by atoms with Gasteiger partial charge < -0.3 is 10.2 Å². The Balaban J connectivity index is 2.00. The minimum atomic E-state index is -3.78. The summed E-state index contributed by atoms with van der Waals surface area (Å²) >= 11 is 6.76. The SMILES string of the molecule is CNC(=O)[C@@H](Cc1ccccc1)N(Cc1ccc(Br)cc1)C(=O)CN(c1ccc(Br)cc1)S(C)(=O)=O. The minimum absolute atomic E-state index is 0.134. The number of rotatable bonds is 10. The second-order valence-corrected chi connectivity index (χ2v) is 12.0. The van der Waals surface area contributed by atoms with Crippen molar-refractivity contribution in [3.63, 3.8) is 0 Å². The van der Waals surface area contributed by atoms with Crippen molar-refractivity contribution in [3.05, 3.63) is 98.9 Å². The summed E-state index contributed by atoms with van der Waals surface area (Å²) in [6, 6.07) is 22.6. The van der Waals surface area contributed by atoms with Crippen LogP contribution in [-0.4, -0.2) is 51.0 Å². The number of hydrogen-bond donors (Lipinski definition) is 1. The third-order valence-corrected chi connectivity index (χ3v) is 7.78. The zero-order valence-electron chi connectivity index (χ0n) is 19.9. The summed E-state index contributed by atoms with van der Waals surface area (Å²) in [5.74, 6) is -0.824. The smallest absolute Gasteiger partial charge is 0.244 e. The summed E-state index contributed by atoms with van der Waals surface area (Å²) in [5.41, 5.74) is 2.05. The average Bonchev–Trinajstić information content (AvgIpc) is 2.86. The highest BCUT2D eigenvalue weighted by atomic mass is 79.9. The van der Waals surface area contributed by atoms with Gasteiger partial charge in [-0.3, -0.25) is 13.9 Å². The van der Waals surface area contributed by atoms with Gasteiger partial charge >= 0.3 is 0 Å². The van der Waals surface area contributed by atoms with E-state index in [2.05, 4.69) is 37.2 Å². The molecule has 0 aliphatic rings. The van der Waals surface area contributed by atoms with Crippen LogP contribution in [0.1, 0.15) is 11.1 Å². The summed E-state index contributed by atoms with van der Waals surface area (Å²) in [6.45, 7) is -0.311. The van der Waals surface area contributed by atoms with Crippen LogP contribution in [0.3, 0.4) is 0 Å². The molecule has 3 aromatic rings. The molecular weight excluding hydrogens is 610 g/mol. The van der Waals surface area contributed by atoms with E-state index in [0.717, 1.165) is 30.6 Å². The third-order valence-electron chi connectivity index (χ3n) is 5.58. The van der Waals surface area contributed by atoms with E-state index in [4.69, 9.17) is 0 Å². The van der Waals surface area contributed by atoms with Crippen LogP contribution < -0.4 is 9.62 Å². The maximum atomic E-state index is 13.8. The van der Waals surface area contributed by atoms with Crippen molar-refractivity contribution in [2.24, 2.45) is 0 Å². The molecule has 3 aromatic carbocycles. The Morgan fingerprint density at radius 3 is 1.94 bits per heavy atom. The van der Waals surface area contributed by atoms with Gasteiger partial charge in [-0.05, 0) is 47.5 Å². The normalized spacial score (nSPS) is 12.0. The number of hydrogen-bond acceptors (Lipinski definition) is 4. The molecule has 0 bridgehead atoms. The molecule has 0 spiro atoms. The fraction of sp³-hybridized carbons (Fsp3) is 0.231. The molecule has 3 rings (SSSR count). The predicted molar refractivity (Wildman–Crippen MR) is 149 cm³/mol. The number of carbonyl (C=O) groups excluding carboxylic acids is 2. The Morgan fingerprint density at radius 2 is 1.42 bits per heavy atom. The zero-order valence-corrected chi connectivity index (χ0v) is 23.9. The van der Waals surface area contributed by atoms with E-state index in [-0.39, 0.29) is 18.9 Å². The number of sulfonamides is 1. The molecule has 0 heterocycles. The molecule has 7 nitrogen and oxygen atoms in total. The van der Waals surface area contributed by atoms with Gasteiger partial charge in [0.25, 0.3) is 0 Å². The van der Waals surface area contributed by atoms with Crippen molar-refractivity contribution in [2.45, 2.75) is 19.0 Å². The first-order chi connectivity index (χ1) is 17.1. The fourth-order valence-electron chi connectivity index (χ4n) is 3.73. The molecule has 0 unspecified atom stereocenters. The first-order valence-electron chi connectivity index (χ1n) is 11.1. The average molecular weight is 637 g/mol. The second kappa shape index (κ2) is 12.5. The van der Waals surface area contributed by atoms with E-state index < -0.39 is 28.5 Å². The van der Waals surface area contributed by atoms with Crippen LogP contribution in [-0.2, 0) is 32.6 Å². The molecule has 0 fully saturated rings. The molecule has 1 N–H and O–H groups in total. The van der Waals surface area contributed by atoms with Gasteiger partial charge in [-0.15, -0.1) is 0 Å². The number of carbonyl (C=O) groups is 2. The van der Waals surface area contributed by atoms with Crippen molar-refractivity contribution in [1.82, 2.24) is 10.2 Å². The molecule has 190 valence electrons. The van der Waals surface area contributed by atoms with Gasteiger partial charge in [0, 0.05) is 29.0 Å². The molecular formula is C26H27Br2N3O4S. The highest BCUT2D eigenvalue weighted by Crippen LogP contribution is 2.22. The fourth-order valence-corrected chi connectivity index (χ4v) is 5.11. The van der Waals surface area contributed by atoms with Gasteiger partial charge in [-0.2, -0.15) is 0 Å². The number of benzene rings is 3. The topological polar surface area (TPSA) is 86.8 Å². The van der Waals surface area contributed by atoms with E-state index in [1.54, 1.807) is 24.3 Å². The monoisotopic (exact) mass is 635 g/mol. The van der Waals surface area contributed by atoms with Gasteiger partial charge in [0.15, 0.2) is 0 Å². The van der Waals surface area contributed by atoms with Gasteiger partial charge in [-0.1, -0.05) is 74.3 Å². The van der Waals surface area contributed by atoms with Crippen molar-refractivity contribution in [3.8, 4) is 0 Å². The minimum Gasteiger partial charge on any atom is -0.357 e. The van der Waals surface area contributed by atoms with Crippen molar-refractivity contribution >= 4 is 59.4 Å². The molecule has 36 heavy (non-hydrogen) atoms. The molecule has 0 aromatic heterocycles. The number of likely N-dealkylation sites (N-methyl/N-ethyl adjacent to an activating group) is 1. The number of nitrogens with zero attached hydrogens (tertiary/aromatic N) is 2. The van der Waals surface area contributed by atoms with Crippen molar-refractivity contribution in [2.75, 3.05) is 24.2 Å². The van der Waals surface area contributed by atoms with E-state index in [9.17, 15) is 18.0 Å².